The van der Waals surface area contributed by atoms with Crippen LogP contribution in [-0.2, 0) is 6.54 Å². The Hall–Kier alpha value is -2.01. The van der Waals surface area contributed by atoms with E-state index in [4.69, 9.17) is 14.9 Å². The molecular weight excluding hydrogens is 206 g/mol. The minimum absolute atomic E-state index is 0.358. The third kappa shape index (κ3) is 2.14. The van der Waals surface area contributed by atoms with Gasteiger partial charge in [-0.3, -0.25) is 0 Å². The molecule has 0 aliphatic carbocycles. The molecule has 0 radical (unpaired) electrons. The van der Waals surface area contributed by atoms with Crippen molar-refractivity contribution in [1.29, 1.82) is 0 Å². The number of aromatic nitrogens is 1. The maximum Gasteiger partial charge on any atom is 0.299 e. The van der Waals surface area contributed by atoms with Crippen LogP contribution in [0.1, 0.15) is 5.69 Å². The van der Waals surface area contributed by atoms with Crippen LogP contribution in [0.5, 0.6) is 5.75 Å². The van der Waals surface area contributed by atoms with Crippen molar-refractivity contribution >= 4 is 11.7 Å². The van der Waals surface area contributed by atoms with E-state index in [-0.39, 0.29) is 0 Å². The normalized spacial score (nSPS) is 10.1. The van der Waals surface area contributed by atoms with Crippen LogP contribution in [0.15, 0.2) is 34.9 Å². The number of nitrogens with one attached hydrogen (secondary N) is 1. The van der Waals surface area contributed by atoms with Gasteiger partial charge in [-0.15, -0.1) is 0 Å². The molecule has 3 N–H and O–H groups in total. The summed E-state index contributed by atoms with van der Waals surface area (Å²) in [6.07, 6.45) is 1.53. The fourth-order valence-corrected chi connectivity index (χ4v) is 1.32. The van der Waals surface area contributed by atoms with Gasteiger partial charge in [-0.2, -0.15) is 4.98 Å². The van der Waals surface area contributed by atoms with Crippen LogP contribution in [0.2, 0.25) is 0 Å². The lowest BCUT2D eigenvalue weighted by Crippen LogP contribution is -1.97. The van der Waals surface area contributed by atoms with E-state index in [1.54, 1.807) is 7.11 Å². The number of para-hydroxylation sites is 2. The predicted molar refractivity (Wildman–Crippen MR) is 60.7 cm³/mol. The van der Waals surface area contributed by atoms with Crippen LogP contribution in [0.25, 0.3) is 0 Å². The first-order valence-electron chi connectivity index (χ1n) is 4.88. The second-order valence-electron chi connectivity index (χ2n) is 3.17. The van der Waals surface area contributed by atoms with Gasteiger partial charge in [-0.05, 0) is 12.1 Å². The van der Waals surface area contributed by atoms with Gasteiger partial charge < -0.3 is 20.2 Å². The number of hydrogen-bond acceptors (Lipinski definition) is 5. The Kier molecular flexibility index (Phi) is 3.07. The molecule has 0 fully saturated rings. The first-order valence-corrected chi connectivity index (χ1v) is 4.88. The topological polar surface area (TPSA) is 73.3 Å². The van der Waals surface area contributed by atoms with Crippen molar-refractivity contribution in [3.05, 3.63) is 36.2 Å². The molecule has 1 aromatic heterocycles. The van der Waals surface area contributed by atoms with E-state index in [1.165, 1.54) is 6.26 Å². The molecule has 84 valence electrons. The predicted octanol–water partition coefficient (Wildman–Crippen LogP) is 1.89. The van der Waals surface area contributed by atoms with Crippen LogP contribution in [0, 0.1) is 0 Å². The van der Waals surface area contributed by atoms with Gasteiger partial charge in [0.2, 0.25) is 0 Å². The molecule has 0 saturated heterocycles. The minimum atomic E-state index is 0.358. The molecule has 1 aromatic carbocycles. The number of benzene rings is 1. The van der Waals surface area contributed by atoms with Crippen molar-refractivity contribution in [3.8, 4) is 5.75 Å². The van der Waals surface area contributed by atoms with Gasteiger partial charge in [0.15, 0.2) is 0 Å². The van der Waals surface area contributed by atoms with E-state index >= 15 is 0 Å². The Bertz CT molecular complexity index is 468. The van der Waals surface area contributed by atoms with E-state index in [2.05, 4.69) is 10.3 Å². The number of hydrogen-bond donors (Lipinski definition) is 2. The number of nitrogens with two attached hydrogens (primary N) is 1. The first-order chi connectivity index (χ1) is 7.83. The lowest BCUT2D eigenvalue weighted by atomic mass is 10.3. The van der Waals surface area contributed by atoms with Gasteiger partial charge in [-0.25, -0.2) is 0 Å². The molecule has 0 saturated carbocycles. The molecular formula is C11H13N3O2. The highest BCUT2D eigenvalue weighted by molar-refractivity contribution is 5.61. The molecule has 5 heteroatoms. The Balaban J connectivity index is 2.19. The Labute approximate surface area is 93.2 Å². The van der Waals surface area contributed by atoms with Crippen LogP contribution in [0.4, 0.5) is 11.7 Å². The molecule has 2 rings (SSSR count). The quantitative estimate of drug-likeness (QED) is 0.821. The van der Waals surface area contributed by atoms with Gasteiger partial charge in [0.05, 0.1) is 18.5 Å². The largest absolute Gasteiger partial charge is 0.495 e. The van der Waals surface area contributed by atoms with E-state index in [0.29, 0.717) is 18.3 Å². The van der Waals surface area contributed by atoms with Crippen molar-refractivity contribution < 1.29 is 9.15 Å². The van der Waals surface area contributed by atoms with Gasteiger partial charge in [0.25, 0.3) is 6.01 Å². The molecule has 0 atom stereocenters. The van der Waals surface area contributed by atoms with Crippen LogP contribution in [0.3, 0.4) is 0 Å². The summed E-state index contributed by atoms with van der Waals surface area (Å²) in [5.74, 6) is 0.731. The van der Waals surface area contributed by atoms with E-state index in [1.807, 2.05) is 24.3 Å². The summed E-state index contributed by atoms with van der Waals surface area (Å²) in [4.78, 5) is 4.14. The summed E-state index contributed by atoms with van der Waals surface area (Å²) in [6, 6.07) is 7.94. The zero-order valence-corrected chi connectivity index (χ0v) is 8.93. The maximum atomic E-state index is 5.44. The Morgan fingerprint density at radius 3 is 2.94 bits per heavy atom. The van der Waals surface area contributed by atoms with Gasteiger partial charge >= 0.3 is 0 Å². The molecule has 0 spiro atoms. The summed E-state index contributed by atoms with van der Waals surface area (Å²) >= 11 is 0. The molecule has 0 bridgehead atoms. The molecule has 16 heavy (non-hydrogen) atoms. The molecule has 0 unspecified atom stereocenters. The van der Waals surface area contributed by atoms with Crippen molar-refractivity contribution in [2.75, 3.05) is 12.4 Å². The number of anilines is 2. The second kappa shape index (κ2) is 4.67. The van der Waals surface area contributed by atoms with Crippen LogP contribution >= 0.6 is 0 Å². The first kappa shape index (κ1) is 10.5. The average molecular weight is 219 g/mol. The lowest BCUT2D eigenvalue weighted by molar-refractivity contribution is 0.416. The van der Waals surface area contributed by atoms with E-state index in [0.717, 1.165) is 11.4 Å². The van der Waals surface area contributed by atoms with Crippen molar-refractivity contribution in [2.24, 2.45) is 5.73 Å². The highest BCUT2D eigenvalue weighted by Crippen LogP contribution is 2.26. The summed E-state index contributed by atoms with van der Waals surface area (Å²) in [5.41, 5.74) is 6.94. The Morgan fingerprint density at radius 1 is 1.44 bits per heavy atom. The summed E-state index contributed by atoms with van der Waals surface area (Å²) in [6.45, 7) is 0.358. The Morgan fingerprint density at radius 2 is 2.25 bits per heavy atom. The molecule has 1 heterocycles. The van der Waals surface area contributed by atoms with E-state index < -0.39 is 0 Å². The summed E-state index contributed by atoms with van der Waals surface area (Å²) in [5, 5.41) is 3.02. The van der Waals surface area contributed by atoms with Crippen LogP contribution < -0.4 is 15.8 Å². The second-order valence-corrected chi connectivity index (χ2v) is 3.17. The van der Waals surface area contributed by atoms with Crippen molar-refractivity contribution in [2.45, 2.75) is 6.54 Å². The van der Waals surface area contributed by atoms with Gasteiger partial charge in [-0.1, -0.05) is 12.1 Å². The molecule has 0 amide bonds. The third-order valence-electron chi connectivity index (χ3n) is 2.11. The van der Waals surface area contributed by atoms with Crippen molar-refractivity contribution in [1.82, 2.24) is 4.98 Å². The molecule has 0 aliphatic heterocycles. The zero-order chi connectivity index (χ0) is 11.4. The summed E-state index contributed by atoms with van der Waals surface area (Å²) < 4.78 is 10.4. The number of methoxy groups -OCH3 is 1. The molecule has 2 aromatic rings. The number of oxazole rings is 1. The van der Waals surface area contributed by atoms with Crippen LogP contribution in [-0.4, -0.2) is 12.1 Å². The van der Waals surface area contributed by atoms with E-state index in [9.17, 15) is 0 Å². The fraction of sp³-hybridized carbons (Fsp3) is 0.182. The van der Waals surface area contributed by atoms with Gasteiger partial charge in [0, 0.05) is 6.54 Å². The molecule has 0 aliphatic rings. The molecule has 5 nitrogen and oxygen atoms in total. The highest BCUT2D eigenvalue weighted by Gasteiger charge is 2.06. The van der Waals surface area contributed by atoms with Gasteiger partial charge in [0.1, 0.15) is 12.0 Å². The number of rotatable bonds is 4. The fourth-order valence-electron chi connectivity index (χ4n) is 1.32. The lowest BCUT2D eigenvalue weighted by Gasteiger charge is -2.07. The summed E-state index contributed by atoms with van der Waals surface area (Å²) in [7, 11) is 1.61. The maximum absolute atomic E-state index is 5.44. The minimum Gasteiger partial charge on any atom is -0.495 e. The number of nitrogens with zero attached hydrogens (tertiary/aromatic N) is 1. The smallest absolute Gasteiger partial charge is 0.299 e. The highest BCUT2D eigenvalue weighted by atomic mass is 16.5. The van der Waals surface area contributed by atoms with Crippen molar-refractivity contribution in [3.63, 3.8) is 0 Å². The standard InChI is InChI=1S/C11H13N3O2/c1-15-10-5-3-2-4-9(10)14-11-13-8(6-12)7-16-11/h2-5,7H,6,12H2,1H3,(H,13,14). The number of ether oxygens (including phenoxy) is 1. The third-order valence-corrected chi connectivity index (χ3v) is 2.11. The zero-order valence-electron chi connectivity index (χ0n) is 8.93. The average Bonchev–Trinajstić information content (AvgIpc) is 2.77. The SMILES string of the molecule is COc1ccccc1Nc1nc(CN)co1. The monoisotopic (exact) mass is 219 g/mol.